The lowest BCUT2D eigenvalue weighted by Crippen LogP contribution is -2.80. The highest BCUT2D eigenvalue weighted by Gasteiger charge is 2.88. The summed E-state index contributed by atoms with van der Waals surface area (Å²) in [6.45, 7) is 0.645. The molecule has 2 aromatic rings. The molecule has 5 fully saturated rings. The molecular weight excluding hydrogens is 552 g/mol. The molecule has 7 rings (SSSR count). The third-order valence-corrected chi connectivity index (χ3v) is 9.28. The lowest BCUT2D eigenvalue weighted by atomic mass is 9.40. The van der Waals surface area contributed by atoms with Gasteiger partial charge in [0.1, 0.15) is 54.2 Å². The van der Waals surface area contributed by atoms with Crippen LogP contribution in [0.25, 0.3) is 0 Å². The van der Waals surface area contributed by atoms with E-state index in [4.69, 9.17) is 23.7 Å². The van der Waals surface area contributed by atoms with Crippen molar-refractivity contribution in [3.05, 3.63) is 71.8 Å². The van der Waals surface area contributed by atoms with Crippen LogP contribution >= 0.6 is 0 Å². The second-order valence-corrected chi connectivity index (χ2v) is 11.5. The van der Waals surface area contributed by atoms with Crippen LogP contribution in [0.5, 0.6) is 0 Å². The maximum Gasteiger partial charge on any atom is 0.338 e. The van der Waals surface area contributed by atoms with Gasteiger partial charge in [0, 0.05) is 12.3 Å². The highest BCUT2D eigenvalue weighted by Crippen LogP contribution is 2.73. The summed E-state index contributed by atoms with van der Waals surface area (Å²) in [6.07, 6.45) is -8.87. The van der Waals surface area contributed by atoms with Crippen molar-refractivity contribution in [2.45, 2.75) is 67.8 Å². The molecule has 3 aliphatic carbocycles. The molecule has 4 bridgehead atoms. The predicted molar refractivity (Wildman–Crippen MR) is 140 cm³/mol. The minimum atomic E-state index is -1.76. The SMILES string of the molecule is CC12C[C@@H](O)[C@H]3CC1(O[C@@H]1O[C@H](COC(=O)c4ccccc4)[C@@H](O)[C@H](O)[C@H]1O)C3(COC(=O)c1ccccc1)C(=O)O2. The monoisotopic (exact) mass is 584 g/mol. The van der Waals surface area contributed by atoms with Gasteiger partial charge in [-0.3, -0.25) is 4.79 Å². The fourth-order valence-electron chi connectivity index (χ4n) is 6.99. The minimum absolute atomic E-state index is 0.0178. The number of ether oxygens (including phenoxy) is 5. The Labute approximate surface area is 240 Å². The number of carbonyl (C=O) groups excluding carboxylic acids is 3. The average Bonchev–Trinajstić information content (AvgIpc) is 3.05. The standard InChI is InChI=1S/C30H32O12/c1-28-13-19(31)18-12-30(28,29(18,27(37)42-28)15-39-25(36)17-10-6-3-7-11-17)41-26-23(34)22(33)21(32)20(40-26)14-38-24(35)16-8-4-2-5-9-16/h2-11,18-23,26,31-34H,12-15H2,1H3/t18-,19-,20-,21-,22+,23-,26+,28?,29?,30?/m1/s1. The molecule has 5 aliphatic rings. The Balaban J connectivity index is 1.24. The first kappa shape index (κ1) is 28.7. The molecule has 0 amide bonds. The topological polar surface area (TPSA) is 178 Å². The van der Waals surface area contributed by atoms with Gasteiger partial charge >= 0.3 is 17.9 Å². The minimum Gasteiger partial charge on any atom is -0.461 e. The molecular formula is C30H32O12. The second kappa shape index (κ2) is 10.4. The van der Waals surface area contributed by atoms with Gasteiger partial charge in [0.05, 0.1) is 17.2 Å². The van der Waals surface area contributed by atoms with Crippen molar-refractivity contribution in [1.82, 2.24) is 0 Å². The first-order chi connectivity index (χ1) is 20.0. The summed E-state index contributed by atoms with van der Waals surface area (Å²) >= 11 is 0. The molecule has 224 valence electrons. The van der Waals surface area contributed by atoms with Crippen molar-refractivity contribution in [1.29, 1.82) is 0 Å². The number of benzene rings is 2. The number of aliphatic hydroxyl groups is 4. The van der Waals surface area contributed by atoms with Gasteiger partial charge in [-0.25, -0.2) is 9.59 Å². The zero-order valence-electron chi connectivity index (χ0n) is 22.7. The largest absolute Gasteiger partial charge is 0.461 e. The molecule has 42 heavy (non-hydrogen) atoms. The van der Waals surface area contributed by atoms with Crippen LogP contribution < -0.4 is 0 Å². The molecule has 2 saturated heterocycles. The van der Waals surface area contributed by atoms with Gasteiger partial charge in [-0.15, -0.1) is 0 Å². The summed E-state index contributed by atoms with van der Waals surface area (Å²) in [4.78, 5) is 38.7. The Kier molecular flexibility index (Phi) is 7.11. The van der Waals surface area contributed by atoms with E-state index in [1.54, 1.807) is 67.6 Å². The number of aliphatic hydroxyl groups excluding tert-OH is 4. The molecule has 2 aliphatic heterocycles. The van der Waals surface area contributed by atoms with Crippen molar-refractivity contribution in [3.8, 4) is 0 Å². The van der Waals surface area contributed by atoms with Crippen LogP contribution in [0.1, 0.15) is 40.5 Å². The van der Waals surface area contributed by atoms with E-state index >= 15 is 0 Å². The van der Waals surface area contributed by atoms with Crippen molar-refractivity contribution >= 4 is 17.9 Å². The lowest BCUT2D eigenvalue weighted by Gasteiger charge is -2.66. The van der Waals surface area contributed by atoms with Crippen LogP contribution in [-0.4, -0.2) is 99.6 Å². The number of esters is 3. The second-order valence-electron chi connectivity index (χ2n) is 11.5. The van der Waals surface area contributed by atoms with E-state index in [-0.39, 0.29) is 24.0 Å². The summed E-state index contributed by atoms with van der Waals surface area (Å²) in [5.41, 5.74) is -4.00. The van der Waals surface area contributed by atoms with Crippen LogP contribution in [0, 0.1) is 11.3 Å². The van der Waals surface area contributed by atoms with Crippen molar-refractivity contribution in [2.75, 3.05) is 13.2 Å². The first-order valence-electron chi connectivity index (χ1n) is 13.8. The Morgan fingerprint density at radius 1 is 0.857 bits per heavy atom. The smallest absolute Gasteiger partial charge is 0.338 e. The van der Waals surface area contributed by atoms with Crippen LogP contribution in [-0.2, 0) is 28.5 Å². The van der Waals surface area contributed by atoms with Crippen LogP contribution in [0.3, 0.4) is 0 Å². The maximum atomic E-state index is 13.5. The normalized spacial score (nSPS) is 40.0. The number of fused-ring (bicyclic) bond motifs is 1. The zero-order chi connectivity index (χ0) is 29.9. The van der Waals surface area contributed by atoms with Gasteiger partial charge in [-0.1, -0.05) is 36.4 Å². The molecule has 2 aromatic carbocycles. The maximum absolute atomic E-state index is 13.5. The van der Waals surface area contributed by atoms with Crippen molar-refractivity contribution < 1.29 is 58.5 Å². The van der Waals surface area contributed by atoms with Crippen LogP contribution in [0.15, 0.2) is 60.7 Å². The van der Waals surface area contributed by atoms with E-state index in [0.29, 0.717) is 0 Å². The molecule has 0 radical (unpaired) electrons. The fraction of sp³-hybridized carbons (Fsp3) is 0.500. The summed E-state index contributed by atoms with van der Waals surface area (Å²) < 4.78 is 28.8. The quantitative estimate of drug-likeness (QED) is 0.248. The highest BCUT2D eigenvalue weighted by atomic mass is 16.7. The van der Waals surface area contributed by atoms with Crippen molar-refractivity contribution in [2.24, 2.45) is 11.3 Å². The van der Waals surface area contributed by atoms with Gasteiger partial charge in [0.15, 0.2) is 6.29 Å². The van der Waals surface area contributed by atoms with Gasteiger partial charge < -0.3 is 44.1 Å². The zero-order valence-corrected chi connectivity index (χ0v) is 22.7. The van der Waals surface area contributed by atoms with Gasteiger partial charge in [0.2, 0.25) is 0 Å². The Morgan fingerprint density at radius 2 is 1.45 bits per heavy atom. The van der Waals surface area contributed by atoms with E-state index < -0.39 is 90.5 Å². The summed E-state index contributed by atoms with van der Waals surface area (Å²) in [7, 11) is 0. The molecule has 3 saturated carbocycles. The first-order valence-corrected chi connectivity index (χ1v) is 13.8. The number of hydrogen-bond acceptors (Lipinski definition) is 12. The molecule has 4 N–H and O–H groups in total. The van der Waals surface area contributed by atoms with Crippen LogP contribution in [0.4, 0.5) is 0 Å². The van der Waals surface area contributed by atoms with Crippen molar-refractivity contribution in [3.63, 3.8) is 0 Å². The summed E-state index contributed by atoms with van der Waals surface area (Å²) in [5, 5.41) is 43.0. The number of carbonyl (C=O) groups is 3. The lowest BCUT2D eigenvalue weighted by molar-refractivity contribution is -0.394. The summed E-state index contributed by atoms with van der Waals surface area (Å²) in [5.74, 6) is -2.77. The Hall–Kier alpha value is -3.39. The van der Waals surface area contributed by atoms with E-state index in [1.165, 1.54) is 0 Å². The number of hydrogen-bond donors (Lipinski definition) is 4. The van der Waals surface area contributed by atoms with Gasteiger partial charge in [-0.2, -0.15) is 0 Å². The van der Waals surface area contributed by atoms with E-state index in [2.05, 4.69) is 0 Å². The van der Waals surface area contributed by atoms with E-state index in [9.17, 15) is 34.8 Å². The Bertz CT molecular complexity index is 1350. The molecule has 0 aromatic heterocycles. The average molecular weight is 585 g/mol. The molecule has 12 heteroatoms. The van der Waals surface area contributed by atoms with Crippen LogP contribution in [0.2, 0.25) is 0 Å². The van der Waals surface area contributed by atoms with Gasteiger partial charge in [-0.05, 0) is 37.6 Å². The predicted octanol–water partition coefficient (Wildman–Crippen LogP) is 0.350. The van der Waals surface area contributed by atoms with Gasteiger partial charge in [0.25, 0.3) is 0 Å². The summed E-state index contributed by atoms with van der Waals surface area (Å²) in [6, 6.07) is 16.3. The molecule has 3 unspecified atom stereocenters. The molecule has 10 atom stereocenters. The Morgan fingerprint density at radius 3 is 2.07 bits per heavy atom. The third-order valence-electron chi connectivity index (χ3n) is 9.28. The van der Waals surface area contributed by atoms with E-state index in [1.807, 2.05) is 0 Å². The third kappa shape index (κ3) is 4.16. The fourth-order valence-corrected chi connectivity index (χ4v) is 6.99. The highest BCUT2D eigenvalue weighted by molar-refractivity contribution is 5.91. The molecule has 12 nitrogen and oxygen atoms in total. The number of rotatable bonds is 8. The molecule has 2 heterocycles. The molecule has 0 spiro atoms. The van der Waals surface area contributed by atoms with E-state index in [0.717, 1.165) is 0 Å².